The molecule has 3 nitrogen and oxygen atoms in total. The minimum atomic E-state index is 0.544. The van der Waals surface area contributed by atoms with Crippen molar-refractivity contribution in [1.82, 2.24) is 5.32 Å². The van der Waals surface area contributed by atoms with Crippen molar-refractivity contribution >= 4 is 0 Å². The maximum absolute atomic E-state index is 5.57. The SMILES string of the molecule is CCCCOCCNCCCC1CCCO1. The van der Waals surface area contributed by atoms with Crippen molar-refractivity contribution in [3.05, 3.63) is 0 Å². The van der Waals surface area contributed by atoms with Crippen molar-refractivity contribution in [3.63, 3.8) is 0 Å². The molecule has 1 N–H and O–H groups in total. The van der Waals surface area contributed by atoms with Crippen LogP contribution in [-0.2, 0) is 9.47 Å². The molecule has 0 saturated carbocycles. The summed E-state index contributed by atoms with van der Waals surface area (Å²) in [5, 5.41) is 3.41. The number of rotatable bonds is 10. The van der Waals surface area contributed by atoms with Crippen molar-refractivity contribution < 1.29 is 9.47 Å². The molecule has 0 bridgehead atoms. The fourth-order valence-electron chi connectivity index (χ4n) is 1.94. The topological polar surface area (TPSA) is 30.5 Å². The summed E-state index contributed by atoms with van der Waals surface area (Å²) in [5.74, 6) is 0. The summed E-state index contributed by atoms with van der Waals surface area (Å²) in [7, 11) is 0. The summed E-state index contributed by atoms with van der Waals surface area (Å²) in [6.07, 6.45) is 7.89. The molecule has 1 fully saturated rings. The summed E-state index contributed by atoms with van der Waals surface area (Å²) in [5.41, 5.74) is 0. The van der Waals surface area contributed by atoms with Crippen molar-refractivity contribution in [2.24, 2.45) is 0 Å². The molecule has 3 heteroatoms. The first-order chi connectivity index (χ1) is 7.93. The Morgan fingerprint density at radius 2 is 2.19 bits per heavy atom. The van der Waals surface area contributed by atoms with E-state index in [9.17, 15) is 0 Å². The van der Waals surface area contributed by atoms with Crippen LogP contribution >= 0.6 is 0 Å². The molecule has 1 unspecified atom stereocenters. The van der Waals surface area contributed by atoms with Crippen LogP contribution in [0, 0.1) is 0 Å². The van der Waals surface area contributed by atoms with Crippen LogP contribution in [0.5, 0.6) is 0 Å². The highest BCUT2D eigenvalue weighted by atomic mass is 16.5. The Morgan fingerprint density at radius 3 is 2.94 bits per heavy atom. The van der Waals surface area contributed by atoms with E-state index < -0.39 is 0 Å². The third kappa shape index (κ3) is 7.20. The van der Waals surface area contributed by atoms with Crippen LogP contribution in [0.2, 0.25) is 0 Å². The first-order valence-corrected chi connectivity index (χ1v) is 6.83. The highest BCUT2D eigenvalue weighted by Gasteiger charge is 2.13. The van der Waals surface area contributed by atoms with E-state index in [1.54, 1.807) is 0 Å². The van der Waals surface area contributed by atoms with Gasteiger partial charge >= 0.3 is 0 Å². The van der Waals surface area contributed by atoms with Gasteiger partial charge in [0, 0.05) is 19.8 Å². The predicted octanol–water partition coefficient (Wildman–Crippen LogP) is 2.35. The third-order valence-electron chi connectivity index (χ3n) is 2.97. The Labute approximate surface area is 99.9 Å². The lowest BCUT2D eigenvalue weighted by Gasteiger charge is -2.09. The van der Waals surface area contributed by atoms with Gasteiger partial charge in [0.2, 0.25) is 0 Å². The van der Waals surface area contributed by atoms with E-state index in [1.807, 2.05) is 0 Å². The molecule has 0 aliphatic carbocycles. The zero-order valence-electron chi connectivity index (χ0n) is 10.7. The Hall–Kier alpha value is -0.120. The van der Waals surface area contributed by atoms with Crippen molar-refractivity contribution in [3.8, 4) is 0 Å². The van der Waals surface area contributed by atoms with Gasteiger partial charge in [0.05, 0.1) is 12.7 Å². The molecule has 1 rings (SSSR count). The minimum Gasteiger partial charge on any atom is -0.380 e. The zero-order chi connectivity index (χ0) is 11.5. The summed E-state index contributed by atoms with van der Waals surface area (Å²) in [6.45, 7) is 7.00. The maximum atomic E-state index is 5.57. The van der Waals surface area contributed by atoms with Crippen molar-refractivity contribution in [2.45, 2.75) is 51.6 Å². The quantitative estimate of drug-likeness (QED) is 0.583. The Balaban J connectivity index is 1.71. The van der Waals surface area contributed by atoms with Crippen LogP contribution in [-0.4, -0.2) is 39.0 Å². The minimum absolute atomic E-state index is 0.544. The van der Waals surface area contributed by atoms with E-state index in [0.717, 1.165) is 32.9 Å². The van der Waals surface area contributed by atoms with Crippen molar-refractivity contribution in [1.29, 1.82) is 0 Å². The van der Waals surface area contributed by atoms with E-state index in [1.165, 1.54) is 38.5 Å². The van der Waals surface area contributed by atoms with E-state index >= 15 is 0 Å². The van der Waals surface area contributed by atoms with E-state index in [0.29, 0.717) is 6.10 Å². The fraction of sp³-hybridized carbons (Fsp3) is 1.00. The second-order valence-corrected chi connectivity index (χ2v) is 4.49. The van der Waals surface area contributed by atoms with Crippen LogP contribution in [0.25, 0.3) is 0 Å². The lowest BCUT2D eigenvalue weighted by atomic mass is 10.1. The van der Waals surface area contributed by atoms with E-state index in [-0.39, 0.29) is 0 Å². The highest BCUT2D eigenvalue weighted by Crippen LogP contribution is 2.16. The van der Waals surface area contributed by atoms with Gasteiger partial charge in [-0.3, -0.25) is 0 Å². The summed E-state index contributed by atoms with van der Waals surface area (Å²) < 4.78 is 11.0. The second-order valence-electron chi connectivity index (χ2n) is 4.49. The van der Waals surface area contributed by atoms with Gasteiger partial charge in [0.15, 0.2) is 0 Å². The van der Waals surface area contributed by atoms with E-state index in [2.05, 4.69) is 12.2 Å². The molecule has 1 atom stereocenters. The predicted molar refractivity (Wildman–Crippen MR) is 66.8 cm³/mol. The molecule has 1 aliphatic rings. The summed E-state index contributed by atoms with van der Waals surface area (Å²) in [4.78, 5) is 0. The van der Waals surface area contributed by atoms with Gasteiger partial charge in [0.25, 0.3) is 0 Å². The molecule has 0 spiro atoms. The molecule has 96 valence electrons. The maximum Gasteiger partial charge on any atom is 0.0590 e. The van der Waals surface area contributed by atoms with Crippen LogP contribution in [0.1, 0.15) is 45.4 Å². The lowest BCUT2D eigenvalue weighted by molar-refractivity contribution is 0.102. The largest absolute Gasteiger partial charge is 0.380 e. The first kappa shape index (κ1) is 13.9. The molecular weight excluding hydrogens is 202 g/mol. The van der Waals surface area contributed by atoms with Crippen LogP contribution in [0.4, 0.5) is 0 Å². The molecule has 0 radical (unpaired) electrons. The standard InChI is InChI=1S/C13H27NO2/c1-2-3-10-15-12-9-14-8-4-6-13-7-5-11-16-13/h13-14H,2-12H2,1H3. The molecule has 0 aromatic carbocycles. The Kier molecular flexibility index (Phi) is 8.77. The molecule has 0 aromatic heterocycles. The summed E-state index contributed by atoms with van der Waals surface area (Å²) >= 11 is 0. The second kappa shape index (κ2) is 10.1. The highest BCUT2D eigenvalue weighted by molar-refractivity contribution is 4.65. The van der Waals surface area contributed by atoms with Gasteiger partial charge in [-0.15, -0.1) is 0 Å². The molecule has 1 saturated heterocycles. The normalized spacial score (nSPS) is 20.4. The van der Waals surface area contributed by atoms with E-state index in [4.69, 9.17) is 9.47 Å². The molecule has 1 aliphatic heterocycles. The number of nitrogens with one attached hydrogen (secondary N) is 1. The fourth-order valence-corrected chi connectivity index (χ4v) is 1.94. The number of hydrogen-bond acceptors (Lipinski definition) is 3. The third-order valence-corrected chi connectivity index (χ3v) is 2.97. The monoisotopic (exact) mass is 229 g/mol. The first-order valence-electron chi connectivity index (χ1n) is 6.83. The Bertz CT molecular complexity index is 147. The molecule has 1 heterocycles. The van der Waals surface area contributed by atoms with Gasteiger partial charge in [-0.1, -0.05) is 13.3 Å². The summed E-state index contributed by atoms with van der Waals surface area (Å²) in [6, 6.07) is 0. The van der Waals surface area contributed by atoms with Gasteiger partial charge in [0.1, 0.15) is 0 Å². The molecule has 16 heavy (non-hydrogen) atoms. The molecule has 0 aromatic rings. The smallest absolute Gasteiger partial charge is 0.0590 e. The van der Waals surface area contributed by atoms with Crippen LogP contribution < -0.4 is 5.32 Å². The van der Waals surface area contributed by atoms with Crippen molar-refractivity contribution in [2.75, 3.05) is 32.9 Å². The average Bonchev–Trinajstić information content (AvgIpc) is 2.80. The van der Waals surface area contributed by atoms with Gasteiger partial charge in [-0.25, -0.2) is 0 Å². The zero-order valence-corrected chi connectivity index (χ0v) is 10.7. The Morgan fingerprint density at radius 1 is 1.25 bits per heavy atom. The van der Waals surface area contributed by atoms with Gasteiger partial charge < -0.3 is 14.8 Å². The number of unbranched alkanes of at least 4 members (excludes halogenated alkanes) is 1. The molecular formula is C13H27NO2. The number of hydrogen-bond donors (Lipinski definition) is 1. The molecule has 0 amide bonds. The average molecular weight is 229 g/mol. The lowest BCUT2D eigenvalue weighted by Crippen LogP contribution is -2.22. The van der Waals surface area contributed by atoms with Crippen LogP contribution in [0.15, 0.2) is 0 Å². The van der Waals surface area contributed by atoms with Crippen LogP contribution in [0.3, 0.4) is 0 Å². The number of ether oxygens (including phenoxy) is 2. The van der Waals surface area contributed by atoms with Gasteiger partial charge in [-0.05, 0) is 38.6 Å². The van der Waals surface area contributed by atoms with Gasteiger partial charge in [-0.2, -0.15) is 0 Å².